The van der Waals surface area contributed by atoms with E-state index in [1.54, 1.807) is 24.3 Å². The van der Waals surface area contributed by atoms with E-state index in [0.717, 1.165) is 5.56 Å². The average molecular weight is 207 g/mol. The molecule has 1 unspecified atom stereocenters. The van der Waals surface area contributed by atoms with Crippen molar-refractivity contribution in [2.45, 2.75) is 6.04 Å². The van der Waals surface area contributed by atoms with E-state index in [1.807, 2.05) is 6.07 Å². The fourth-order valence-electron chi connectivity index (χ4n) is 1.55. The first-order valence-corrected chi connectivity index (χ1v) is 4.44. The number of amides is 2. The van der Waals surface area contributed by atoms with Gasteiger partial charge in [0.1, 0.15) is 12.6 Å². The molecule has 2 rings (SSSR count). The Morgan fingerprint density at radius 1 is 1.40 bits per heavy atom. The molecule has 1 aliphatic rings. The molecule has 1 saturated heterocycles. The van der Waals surface area contributed by atoms with Crippen molar-refractivity contribution in [3.8, 4) is 0 Å². The summed E-state index contributed by atoms with van der Waals surface area (Å²) in [6, 6.07) is 8.41. The smallest absolute Gasteiger partial charge is 0.420 e. The van der Waals surface area contributed by atoms with Crippen molar-refractivity contribution in [3.05, 3.63) is 35.9 Å². The zero-order valence-corrected chi connectivity index (χ0v) is 7.79. The number of carbonyl (C=O) groups excluding carboxylic acids is 1. The van der Waals surface area contributed by atoms with Crippen molar-refractivity contribution < 1.29 is 19.4 Å². The summed E-state index contributed by atoms with van der Waals surface area (Å²) in [5.41, 5.74) is 0.755. The standard InChI is InChI=1S/C10H9NO4/c12-9(13)11-8(6-15-10(11)14)7-4-2-1-3-5-7/h1-5,8H,6H2,(H,12,13). The Bertz CT molecular complexity index is 390. The van der Waals surface area contributed by atoms with Gasteiger partial charge in [-0.15, -0.1) is 0 Å². The molecule has 5 nitrogen and oxygen atoms in total. The molecule has 1 aliphatic heterocycles. The molecule has 2 amide bonds. The maximum absolute atomic E-state index is 11.1. The number of cyclic esters (lactones) is 1. The third-order valence-corrected chi connectivity index (χ3v) is 2.26. The van der Waals surface area contributed by atoms with Gasteiger partial charge in [0.2, 0.25) is 0 Å². The predicted octanol–water partition coefficient (Wildman–Crippen LogP) is 1.86. The van der Waals surface area contributed by atoms with Crippen LogP contribution in [0.5, 0.6) is 0 Å². The Hall–Kier alpha value is -2.04. The van der Waals surface area contributed by atoms with Gasteiger partial charge in [-0.3, -0.25) is 0 Å². The molecule has 0 bridgehead atoms. The Labute approximate surface area is 85.9 Å². The minimum atomic E-state index is -1.29. The Morgan fingerprint density at radius 2 is 2.07 bits per heavy atom. The van der Waals surface area contributed by atoms with E-state index in [9.17, 15) is 9.59 Å². The zero-order valence-electron chi connectivity index (χ0n) is 7.79. The molecule has 5 heteroatoms. The van der Waals surface area contributed by atoms with Gasteiger partial charge in [-0.2, -0.15) is 0 Å². The Balaban J connectivity index is 2.30. The van der Waals surface area contributed by atoms with Crippen LogP contribution in [0.25, 0.3) is 0 Å². The first kappa shape index (κ1) is 9.51. The third-order valence-electron chi connectivity index (χ3n) is 2.26. The lowest BCUT2D eigenvalue weighted by molar-refractivity contribution is 0.135. The van der Waals surface area contributed by atoms with Gasteiger partial charge in [0.15, 0.2) is 0 Å². The second-order valence-electron chi connectivity index (χ2n) is 3.16. The van der Waals surface area contributed by atoms with Crippen molar-refractivity contribution in [2.75, 3.05) is 6.61 Å². The van der Waals surface area contributed by atoms with E-state index >= 15 is 0 Å². The summed E-state index contributed by atoms with van der Waals surface area (Å²) < 4.78 is 4.70. The maximum Gasteiger partial charge on any atom is 0.420 e. The molecule has 1 heterocycles. The van der Waals surface area contributed by atoms with Crippen LogP contribution in [0.15, 0.2) is 30.3 Å². The highest BCUT2D eigenvalue weighted by Gasteiger charge is 2.38. The van der Waals surface area contributed by atoms with Gasteiger partial charge < -0.3 is 9.84 Å². The number of ether oxygens (including phenoxy) is 1. The lowest BCUT2D eigenvalue weighted by atomic mass is 10.1. The van der Waals surface area contributed by atoms with E-state index < -0.39 is 18.2 Å². The van der Waals surface area contributed by atoms with Gasteiger partial charge in [0.05, 0.1) is 0 Å². The van der Waals surface area contributed by atoms with Gasteiger partial charge in [0, 0.05) is 0 Å². The summed E-state index contributed by atoms with van der Waals surface area (Å²) in [7, 11) is 0. The highest BCUT2D eigenvalue weighted by Crippen LogP contribution is 2.27. The number of benzene rings is 1. The van der Waals surface area contributed by atoms with E-state index in [-0.39, 0.29) is 6.61 Å². The highest BCUT2D eigenvalue weighted by atomic mass is 16.6. The molecule has 0 aliphatic carbocycles. The third kappa shape index (κ3) is 1.63. The molecular formula is C10H9NO4. The number of rotatable bonds is 1. The number of hydrogen-bond donors (Lipinski definition) is 1. The number of carbonyl (C=O) groups is 2. The molecule has 1 atom stereocenters. The van der Waals surface area contributed by atoms with Crippen LogP contribution in [0.4, 0.5) is 9.59 Å². The molecule has 1 aromatic rings. The predicted molar refractivity (Wildman–Crippen MR) is 50.4 cm³/mol. The van der Waals surface area contributed by atoms with E-state index in [0.29, 0.717) is 4.90 Å². The topological polar surface area (TPSA) is 66.8 Å². The Kier molecular flexibility index (Phi) is 2.29. The minimum absolute atomic E-state index is 0.0785. The minimum Gasteiger partial charge on any atom is -0.465 e. The monoisotopic (exact) mass is 207 g/mol. The molecule has 78 valence electrons. The lowest BCUT2D eigenvalue weighted by Gasteiger charge is -2.15. The van der Waals surface area contributed by atoms with Gasteiger partial charge in [-0.1, -0.05) is 30.3 Å². The quantitative estimate of drug-likeness (QED) is 0.763. The normalized spacial score (nSPS) is 20.1. The second-order valence-corrected chi connectivity index (χ2v) is 3.16. The van der Waals surface area contributed by atoms with Crippen LogP contribution in [0.3, 0.4) is 0 Å². The fraction of sp³-hybridized carbons (Fsp3) is 0.200. The summed E-state index contributed by atoms with van der Waals surface area (Å²) in [4.78, 5) is 22.6. The molecule has 0 radical (unpaired) electrons. The summed E-state index contributed by atoms with van der Waals surface area (Å²) in [6.45, 7) is 0.0785. The van der Waals surface area contributed by atoms with Crippen LogP contribution >= 0.6 is 0 Å². The van der Waals surface area contributed by atoms with Crippen molar-refractivity contribution >= 4 is 12.2 Å². The van der Waals surface area contributed by atoms with Gasteiger partial charge in [-0.05, 0) is 5.56 Å². The van der Waals surface area contributed by atoms with Gasteiger partial charge in [-0.25, -0.2) is 14.5 Å². The first-order chi connectivity index (χ1) is 7.20. The SMILES string of the molecule is O=C(O)N1C(=O)OCC1c1ccccc1. The maximum atomic E-state index is 11.1. The second kappa shape index (κ2) is 3.61. The van der Waals surface area contributed by atoms with Gasteiger partial charge >= 0.3 is 12.2 Å². The zero-order chi connectivity index (χ0) is 10.8. The Morgan fingerprint density at radius 3 is 2.67 bits per heavy atom. The fourth-order valence-corrected chi connectivity index (χ4v) is 1.55. The largest absolute Gasteiger partial charge is 0.465 e. The molecule has 1 N–H and O–H groups in total. The van der Waals surface area contributed by atoms with E-state index in [2.05, 4.69) is 0 Å². The average Bonchev–Trinajstić information content (AvgIpc) is 2.61. The molecule has 1 aromatic carbocycles. The van der Waals surface area contributed by atoms with Crippen LogP contribution in [0, 0.1) is 0 Å². The number of hydrogen-bond acceptors (Lipinski definition) is 3. The molecule has 0 aromatic heterocycles. The molecular weight excluding hydrogens is 198 g/mol. The van der Waals surface area contributed by atoms with Crippen LogP contribution in [-0.4, -0.2) is 28.8 Å². The van der Waals surface area contributed by atoms with Crippen LogP contribution in [0.2, 0.25) is 0 Å². The molecule has 1 fully saturated rings. The van der Waals surface area contributed by atoms with Crippen molar-refractivity contribution in [1.82, 2.24) is 4.90 Å². The van der Waals surface area contributed by atoms with Crippen molar-refractivity contribution in [1.29, 1.82) is 0 Å². The summed E-state index contributed by atoms with van der Waals surface area (Å²) in [5, 5.41) is 8.84. The number of carboxylic acid groups (broad SMARTS) is 1. The highest BCUT2D eigenvalue weighted by molar-refractivity contribution is 5.88. The summed E-state index contributed by atoms with van der Waals surface area (Å²) in [6.07, 6.45) is -2.09. The van der Waals surface area contributed by atoms with Crippen molar-refractivity contribution in [2.24, 2.45) is 0 Å². The van der Waals surface area contributed by atoms with Crippen LogP contribution in [0.1, 0.15) is 11.6 Å². The lowest BCUT2D eigenvalue weighted by Crippen LogP contribution is -2.32. The number of imide groups is 1. The molecule has 15 heavy (non-hydrogen) atoms. The van der Waals surface area contributed by atoms with Crippen molar-refractivity contribution in [3.63, 3.8) is 0 Å². The molecule has 0 spiro atoms. The summed E-state index contributed by atoms with van der Waals surface area (Å²) >= 11 is 0. The summed E-state index contributed by atoms with van der Waals surface area (Å²) in [5.74, 6) is 0. The van der Waals surface area contributed by atoms with Crippen LogP contribution in [-0.2, 0) is 4.74 Å². The van der Waals surface area contributed by atoms with E-state index in [1.165, 1.54) is 0 Å². The first-order valence-electron chi connectivity index (χ1n) is 4.44. The molecule has 0 saturated carbocycles. The van der Waals surface area contributed by atoms with E-state index in [4.69, 9.17) is 9.84 Å². The number of nitrogens with zero attached hydrogens (tertiary/aromatic N) is 1. The van der Waals surface area contributed by atoms with Gasteiger partial charge in [0.25, 0.3) is 0 Å². The van der Waals surface area contributed by atoms with Crippen LogP contribution < -0.4 is 0 Å².